The Morgan fingerprint density at radius 1 is 1.56 bits per heavy atom. The molecule has 2 fully saturated rings. The zero-order valence-electron chi connectivity index (χ0n) is 8.82. The quantitative estimate of drug-likeness (QED) is 0.638. The largest absolute Gasteiger partial charge is 0.350 e. The van der Waals surface area contributed by atoms with Crippen LogP contribution < -0.4 is 10.6 Å². The van der Waals surface area contributed by atoms with Crippen LogP contribution in [0.4, 0.5) is 5.82 Å². The van der Waals surface area contributed by atoms with E-state index in [1.807, 2.05) is 6.07 Å². The number of aromatic nitrogens is 2. The van der Waals surface area contributed by atoms with Crippen LogP contribution in [0.1, 0.15) is 19.3 Å². The van der Waals surface area contributed by atoms with Gasteiger partial charge in [-0.15, -0.1) is 0 Å². The van der Waals surface area contributed by atoms with Crippen molar-refractivity contribution >= 4 is 17.4 Å². The van der Waals surface area contributed by atoms with Crippen molar-refractivity contribution in [3.05, 3.63) is 21.7 Å². The van der Waals surface area contributed by atoms with Gasteiger partial charge in [-0.25, -0.2) is 4.79 Å². The third kappa shape index (κ3) is 0.919. The van der Waals surface area contributed by atoms with Crippen LogP contribution in [0.3, 0.4) is 0 Å². The molecule has 16 heavy (non-hydrogen) atoms. The van der Waals surface area contributed by atoms with Crippen molar-refractivity contribution in [2.45, 2.75) is 31.3 Å². The Labute approximate surface area is 97.8 Å². The van der Waals surface area contributed by atoms with Crippen molar-refractivity contribution in [2.24, 2.45) is 5.92 Å². The second kappa shape index (κ2) is 2.62. The lowest BCUT2D eigenvalue weighted by atomic mass is 9.99. The van der Waals surface area contributed by atoms with E-state index in [4.69, 9.17) is 11.6 Å². The maximum atomic E-state index is 11.8. The van der Waals surface area contributed by atoms with Gasteiger partial charge >= 0.3 is 5.69 Å². The summed E-state index contributed by atoms with van der Waals surface area (Å²) in [5, 5.41) is 0.316. The van der Waals surface area contributed by atoms with Crippen LogP contribution in [0.15, 0.2) is 10.9 Å². The second-order valence-corrected chi connectivity index (χ2v) is 5.64. The van der Waals surface area contributed by atoms with Gasteiger partial charge in [0.2, 0.25) is 0 Å². The van der Waals surface area contributed by atoms with Crippen molar-refractivity contribution in [3.63, 3.8) is 0 Å². The Bertz CT molecular complexity index is 541. The zero-order chi connectivity index (χ0) is 10.9. The average molecular weight is 238 g/mol. The molecule has 1 aromatic rings. The normalized spacial score (nSPS) is 34.3. The first-order chi connectivity index (χ1) is 7.68. The molecule has 1 aliphatic carbocycles. The van der Waals surface area contributed by atoms with Gasteiger partial charge in [0.25, 0.3) is 0 Å². The number of hydrogen-bond donors (Lipinski definition) is 0. The highest BCUT2D eigenvalue weighted by molar-refractivity contribution is 6.29. The highest BCUT2D eigenvalue weighted by Gasteiger charge is 2.55. The lowest BCUT2D eigenvalue weighted by molar-refractivity contribution is 0.410. The maximum absolute atomic E-state index is 11.8. The van der Waals surface area contributed by atoms with E-state index in [0.29, 0.717) is 5.15 Å². The molecule has 2 bridgehead atoms. The lowest BCUT2D eigenvalue weighted by Crippen LogP contribution is -2.42. The van der Waals surface area contributed by atoms with Gasteiger partial charge in [0.05, 0.1) is 12.1 Å². The molecule has 3 heterocycles. The van der Waals surface area contributed by atoms with Crippen molar-refractivity contribution < 1.29 is 0 Å². The number of fused-ring (bicyclic) bond motifs is 3. The number of halogens is 1. The van der Waals surface area contributed by atoms with Gasteiger partial charge in [0.15, 0.2) is 0 Å². The smallest absolute Gasteiger partial charge is 0.350 e. The molecule has 2 aliphatic heterocycles. The Morgan fingerprint density at radius 2 is 2.44 bits per heavy atom. The topological polar surface area (TPSA) is 38.1 Å². The summed E-state index contributed by atoms with van der Waals surface area (Å²) in [4.78, 5) is 18.0. The average Bonchev–Trinajstić information content (AvgIpc) is 2.85. The van der Waals surface area contributed by atoms with E-state index >= 15 is 0 Å². The fraction of sp³-hybridized carbons (Fsp3) is 0.636. The van der Waals surface area contributed by atoms with E-state index in [1.54, 1.807) is 4.57 Å². The minimum absolute atomic E-state index is 0.199. The first-order valence-electron chi connectivity index (χ1n) is 5.73. The van der Waals surface area contributed by atoms with Crippen LogP contribution in [-0.4, -0.2) is 21.6 Å². The van der Waals surface area contributed by atoms with Gasteiger partial charge < -0.3 is 4.90 Å². The van der Waals surface area contributed by atoms with E-state index < -0.39 is 0 Å². The molecule has 84 valence electrons. The Morgan fingerprint density at radius 3 is 3.25 bits per heavy atom. The number of nitrogens with zero attached hydrogens (tertiary/aromatic N) is 3. The van der Waals surface area contributed by atoms with Gasteiger partial charge in [0.1, 0.15) is 11.0 Å². The number of anilines is 1. The molecule has 0 aromatic carbocycles. The summed E-state index contributed by atoms with van der Waals surface area (Å²) >= 11 is 5.87. The fourth-order valence-electron chi connectivity index (χ4n) is 3.77. The molecular formula is C11H12ClN3O. The second-order valence-electron chi connectivity index (χ2n) is 5.25. The lowest BCUT2D eigenvalue weighted by Gasteiger charge is -2.32. The summed E-state index contributed by atoms with van der Waals surface area (Å²) in [6.07, 6.45) is 3.74. The van der Waals surface area contributed by atoms with Crippen molar-refractivity contribution in [1.82, 2.24) is 9.55 Å². The van der Waals surface area contributed by atoms with E-state index in [2.05, 4.69) is 9.88 Å². The monoisotopic (exact) mass is 237 g/mol. The molecule has 0 unspecified atom stereocenters. The first-order valence-corrected chi connectivity index (χ1v) is 6.11. The van der Waals surface area contributed by atoms with E-state index in [-0.39, 0.29) is 11.2 Å². The third-order valence-electron chi connectivity index (χ3n) is 4.39. The number of rotatable bonds is 0. The minimum Gasteiger partial charge on any atom is -0.350 e. The maximum Gasteiger partial charge on any atom is 0.350 e. The van der Waals surface area contributed by atoms with Gasteiger partial charge in [-0.3, -0.25) is 4.57 Å². The van der Waals surface area contributed by atoms with Crippen molar-refractivity contribution in [2.75, 3.05) is 11.4 Å². The zero-order valence-corrected chi connectivity index (χ0v) is 9.57. The highest BCUT2D eigenvalue weighted by Crippen LogP contribution is 2.52. The van der Waals surface area contributed by atoms with E-state index in [9.17, 15) is 4.79 Å². The summed E-state index contributed by atoms with van der Waals surface area (Å²) < 4.78 is 1.79. The molecule has 0 N–H and O–H groups in total. The molecule has 5 heteroatoms. The van der Waals surface area contributed by atoms with Crippen LogP contribution in [-0.2, 0) is 6.54 Å². The molecule has 1 saturated carbocycles. The van der Waals surface area contributed by atoms with Crippen molar-refractivity contribution in [3.8, 4) is 0 Å². The summed E-state index contributed by atoms with van der Waals surface area (Å²) in [6.45, 7) is 1.89. The number of piperidine rings is 1. The molecule has 0 amide bonds. The van der Waals surface area contributed by atoms with Crippen LogP contribution in [0.5, 0.6) is 0 Å². The first kappa shape index (κ1) is 9.05. The molecule has 3 aliphatic rings. The number of hydrogen-bond acceptors (Lipinski definition) is 3. The standard InChI is InChI=1S/C11H12ClN3O/c12-8-3-9-14(10(16)13-8)6-11-2-1-7(4-11)5-15(9)11/h3,7H,1-2,4-6H2/t7-,11+/m0/s1. The third-order valence-corrected chi connectivity index (χ3v) is 4.58. The van der Waals surface area contributed by atoms with Crippen LogP contribution in [0.2, 0.25) is 5.15 Å². The van der Waals surface area contributed by atoms with Crippen molar-refractivity contribution in [1.29, 1.82) is 0 Å². The van der Waals surface area contributed by atoms with Crippen LogP contribution >= 0.6 is 11.6 Å². The predicted octanol–water partition coefficient (Wildman–Crippen LogP) is 1.27. The van der Waals surface area contributed by atoms with E-state index in [0.717, 1.165) is 24.8 Å². The summed E-state index contributed by atoms with van der Waals surface area (Å²) in [7, 11) is 0. The van der Waals surface area contributed by atoms with Gasteiger partial charge in [0, 0.05) is 12.6 Å². The van der Waals surface area contributed by atoms with Crippen LogP contribution in [0.25, 0.3) is 0 Å². The molecular weight excluding hydrogens is 226 g/mol. The molecule has 1 spiro atoms. The van der Waals surface area contributed by atoms with Gasteiger partial charge in [-0.2, -0.15) is 4.98 Å². The summed E-state index contributed by atoms with van der Waals surface area (Å²) in [5.74, 6) is 1.79. The Hall–Kier alpha value is -1.03. The SMILES string of the molecule is O=c1nc(Cl)cc2n1C[C@]13CC[C@H](CN21)C3. The summed E-state index contributed by atoms with van der Waals surface area (Å²) in [6, 6.07) is 1.83. The molecule has 4 nitrogen and oxygen atoms in total. The Balaban J connectivity index is 1.94. The molecule has 1 aromatic heterocycles. The molecule has 0 radical (unpaired) electrons. The highest BCUT2D eigenvalue weighted by atomic mass is 35.5. The molecule has 2 atom stereocenters. The fourth-order valence-corrected chi connectivity index (χ4v) is 3.94. The predicted molar refractivity (Wildman–Crippen MR) is 60.9 cm³/mol. The summed E-state index contributed by atoms with van der Waals surface area (Å²) in [5.41, 5.74) is 0.0122. The Kier molecular flexibility index (Phi) is 1.48. The van der Waals surface area contributed by atoms with Crippen LogP contribution in [0, 0.1) is 5.92 Å². The van der Waals surface area contributed by atoms with Gasteiger partial charge in [-0.1, -0.05) is 11.6 Å². The van der Waals surface area contributed by atoms with E-state index in [1.165, 1.54) is 19.3 Å². The van der Waals surface area contributed by atoms with Gasteiger partial charge in [-0.05, 0) is 25.2 Å². The minimum atomic E-state index is -0.199. The molecule has 1 saturated heterocycles. The molecule has 4 rings (SSSR count).